The molecule has 0 amide bonds. The minimum Gasteiger partial charge on any atom is -1.00 e. The number of carboxylic acid groups (broad SMARTS) is 3. The molecule has 0 aliphatic carbocycles. The quantitative estimate of drug-likeness (QED) is 0.133. The maximum absolute atomic E-state index is 10.3. The summed E-state index contributed by atoms with van der Waals surface area (Å²) in [5.74, 6) is -5.02. The molecule has 19 heteroatoms. The van der Waals surface area contributed by atoms with Crippen molar-refractivity contribution in [3.8, 4) is 0 Å². The second-order valence-electron chi connectivity index (χ2n) is 3.50. The van der Waals surface area contributed by atoms with Gasteiger partial charge in [-0.1, -0.05) is 0 Å². The minimum atomic E-state index is -4.64. The molecule has 0 aliphatic rings. The Hall–Kier alpha value is 0.109. The molecule has 0 heterocycles. The van der Waals surface area contributed by atoms with Gasteiger partial charge in [-0.3, -0.25) is 9.59 Å². The molecule has 0 saturated carbocycles. The van der Waals surface area contributed by atoms with E-state index in [1.807, 2.05) is 0 Å². The van der Waals surface area contributed by atoms with Crippen molar-refractivity contribution in [1.82, 2.24) is 0 Å². The Morgan fingerprint density at radius 3 is 1.00 bits per heavy atom. The van der Waals surface area contributed by atoms with Crippen molar-refractivity contribution in [1.29, 1.82) is 0 Å². The average Bonchev–Trinajstić information content (AvgIpc) is 2.07. The standard InChI is InChI=1S/C6H8O7.Fe.Na.2H3O4P.H/c7-3(8)1-6(13,5(11)12)2-4(9)10;;;2*1-5(2,3)4;/h13H,1-2H2,(H,7,8)(H,9,10)(H,11,12);;;2*(H3,1,2,3,4);/q;;+1;;;-1. The van der Waals surface area contributed by atoms with Crippen LogP contribution in [0.2, 0.25) is 0 Å². The fourth-order valence-electron chi connectivity index (χ4n) is 0.714. The number of hydrogen-bond acceptors (Lipinski definition) is 6. The van der Waals surface area contributed by atoms with Crippen LogP contribution >= 0.6 is 15.6 Å². The molecule has 0 aromatic carbocycles. The zero-order valence-corrected chi connectivity index (χ0v) is 17.1. The molecule has 0 fully saturated rings. The van der Waals surface area contributed by atoms with E-state index in [2.05, 4.69) is 0 Å². The Bertz CT molecular complexity index is 464. The summed E-state index contributed by atoms with van der Waals surface area (Å²) >= 11 is 0. The van der Waals surface area contributed by atoms with Crippen LogP contribution in [0.5, 0.6) is 0 Å². The number of aliphatic carboxylic acids is 3. The van der Waals surface area contributed by atoms with Crippen LogP contribution in [-0.2, 0) is 40.6 Å². The largest absolute Gasteiger partial charge is 1.00 e. The molecule has 0 spiro atoms. The first-order valence-electron chi connectivity index (χ1n) is 4.74. The van der Waals surface area contributed by atoms with Gasteiger partial charge in [-0.05, 0) is 0 Å². The summed E-state index contributed by atoms with van der Waals surface area (Å²) in [6, 6.07) is 0. The fraction of sp³-hybridized carbons (Fsp3) is 0.500. The number of aliphatic hydroxyl groups is 1. The number of hydrogen-bond donors (Lipinski definition) is 10. The van der Waals surface area contributed by atoms with Crippen LogP contribution in [0.15, 0.2) is 0 Å². The van der Waals surface area contributed by atoms with Crippen LogP contribution in [0, 0.1) is 0 Å². The van der Waals surface area contributed by atoms with Gasteiger partial charge in [0.05, 0.1) is 12.8 Å². The summed E-state index contributed by atoms with van der Waals surface area (Å²) in [5, 5.41) is 33.8. The van der Waals surface area contributed by atoms with Crippen molar-refractivity contribution in [3.05, 3.63) is 0 Å². The molecule has 0 atom stereocenters. The first-order chi connectivity index (χ1) is 9.78. The molecule has 0 aliphatic heterocycles. The molecule has 148 valence electrons. The normalized spacial score (nSPS) is 10.4. The van der Waals surface area contributed by atoms with E-state index in [1.54, 1.807) is 0 Å². The summed E-state index contributed by atoms with van der Waals surface area (Å²) in [6.07, 6.45) is -2.29. The van der Waals surface area contributed by atoms with E-state index in [9.17, 15) is 14.4 Å². The predicted molar refractivity (Wildman–Crippen MR) is 66.7 cm³/mol. The Labute approximate surface area is 173 Å². The Balaban J connectivity index is -0.0000000652. The van der Waals surface area contributed by atoms with Crippen molar-refractivity contribution in [2.45, 2.75) is 18.4 Å². The van der Waals surface area contributed by atoms with Crippen molar-refractivity contribution in [2.75, 3.05) is 0 Å². The zero-order valence-electron chi connectivity index (χ0n) is 13.2. The predicted octanol–water partition coefficient (Wildman–Crippen LogP) is -5.99. The topological polar surface area (TPSA) is 288 Å². The number of rotatable bonds is 5. The fourth-order valence-corrected chi connectivity index (χ4v) is 0.714. The van der Waals surface area contributed by atoms with Gasteiger partial charge in [-0.25, -0.2) is 13.9 Å². The molecule has 10 N–H and O–H groups in total. The second kappa shape index (κ2) is 15.2. The third-order valence-corrected chi connectivity index (χ3v) is 1.29. The summed E-state index contributed by atoms with van der Waals surface area (Å²) in [5.41, 5.74) is -2.74. The summed E-state index contributed by atoms with van der Waals surface area (Å²) in [7, 11) is -9.28. The molecule has 0 unspecified atom stereocenters. The van der Waals surface area contributed by atoms with Gasteiger partial charge in [0.2, 0.25) is 0 Å². The third kappa shape index (κ3) is 45.4. The van der Waals surface area contributed by atoms with E-state index in [4.69, 9.17) is 58.9 Å². The smallest absolute Gasteiger partial charge is 1.00 e. The van der Waals surface area contributed by atoms with Crippen molar-refractivity contribution < 1.29 is 121 Å². The van der Waals surface area contributed by atoms with Crippen molar-refractivity contribution >= 4 is 33.6 Å². The minimum absolute atomic E-state index is 0. The molecular weight excluding hydrogens is 453 g/mol. The molecule has 15 nitrogen and oxygen atoms in total. The molecule has 0 rings (SSSR count). The van der Waals surface area contributed by atoms with E-state index in [0.717, 1.165) is 0 Å². The first kappa shape index (κ1) is 36.1. The van der Waals surface area contributed by atoms with Gasteiger partial charge in [-0.2, -0.15) is 0 Å². The van der Waals surface area contributed by atoms with Crippen molar-refractivity contribution in [2.24, 2.45) is 0 Å². The van der Waals surface area contributed by atoms with Crippen molar-refractivity contribution in [3.63, 3.8) is 0 Å². The first-order valence-corrected chi connectivity index (χ1v) is 7.87. The van der Waals surface area contributed by atoms with Crippen LogP contribution < -0.4 is 29.6 Å². The van der Waals surface area contributed by atoms with Gasteiger partial charge in [0, 0.05) is 17.1 Å². The van der Waals surface area contributed by atoms with Gasteiger partial charge < -0.3 is 51.2 Å². The van der Waals surface area contributed by atoms with E-state index in [-0.39, 0.29) is 48.1 Å². The van der Waals surface area contributed by atoms with Gasteiger partial charge in [0.1, 0.15) is 0 Å². The summed E-state index contributed by atoms with van der Waals surface area (Å²) in [6.45, 7) is 0. The van der Waals surface area contributed by atoms with Crippen LogP contribution in [0.4, 0.5) is 0 Å². The van der Waals surface area contributed by atoms with Gasteiger partial charge in [-0.15, -0.1) is 0 Å². The third-order valence-electron chi connectivity index (χ3n) is 1.29. The zero-order chi connectivity index (χ0) is 19.6. The molecular formula is C6H15FeNaO15P2. The monoisotopic (exact) mass is 468 g/mol. The molecule has 0 aromatic heterocycles. The number of carbonyl (C=O) groups is 3. The summed E-state index contributed by atoms with van der Waals surface area (Å²) < 4.78 is 17.8. The Morgan fingerprint density at radius 2 is 0.920 bits per heavy atom. The van der Waals surface area contributed by atoms with Crippen LogP contribution in [0.1, 0.15) is 14.3 Å². The molecule has 0 bridgehead atoms. The maximum Gasteiger partial charge on any atom is 1.00 e. The molecule has 0 saturated heterocycles. The van der Waals surface area contributed by atoms with E-state index < -0.39 is 52.0 Å². The van der Waals surface area contributed by atoms with Crippen LogP contribution in [0.25, 0.3) is 0 Å². The maximum atomic E-state index is 10.3. The SMILES string of the molecule is O=C(O)CC(O)(CC(=O)O)C(=O)O.O=P(O)(O)O.O=P(O)(O)O.[Fe].[H-].[Na+]. The molecule has 0 radical (unpaired) electrons. The van der Waals surface area contributed by atoms with E-state index >= 15 is 0 Å². The van der Waals surface area contributed by atoms with Crippen LogP contribution in [-0.4, -0.2) is 73.3 Å². The second-order valence-corrected chi connectivity index (χ2v) is 5.56. The van der Waals surface area contributed by atoms with E-state index in [0.29, 0.717) is 0 Å². The van der Waals surface area contributed by atoms with Gasteiger partial charge in [0.15, 0.2) is 5.60 Å². The van der Waals surface area contributed by atoms with Crippen LogP contribution in [0.3, 0.4) is 0 Å². The van der Waals surface area contributed by atoms with E-state index in [1.165, 1.54) is 0 Å². The summed E-state index contributed by atoms with van der Waals surface area (Å²) in [4.78, 5) is 73.6. The van der Waals surface area contributed by atoms with Gasteiger partial charge >= 0.3 is 63.1 Å². The number of carboxylic acids is 3. The Morgan fingerprint density at radius 1 is 0.760 bits per heavy atom. The molecule has 25 heavy (non-hydrogen) atoms. The van der Waals surface area contributed by atoms with Gasteiger partial charge in [0.25, 0.3) is 0 Å². The Kier molecular flexibility index (Phi) is 21.9. The average molecular weight is 468 g/mol. The molecule has 0 aromatic rings. The number of phosphoric acid groups is 2.